The number of rotatable bonds is 6. The summed E-state index contributed by atoms with van der Waals surface area (Å²) in [5.41, 5.74) is 3.08. The number of nitrogens with one attached hydrogen (secondary N) is 2. The van der Waals surface area contributed by atoms with Crippen molar-refractivity contribution in [3.8, 4) is 17.0 Å². The van der Waals surface area contributed by atoms with Crippen LogP contribution >= 0.6 is 57.9 Å². The van der Waals surface area contributed by atoms with Gasteiger partial charge < -0.3 is 20.6 Å². The molecule has 0 radical (unpaired) electrons. The number of benzene rings is 2. The van der Waals surface area contributed by atoms with Crippen molar-refractivity contribution in [3.63, 3.8) is 0 Å². The van der Waals surface area contributed by atoms with E-state index in [1.54, 1.807) is 36.0 Å². The number of thiazole rings is 1. The van der Waals surface area contributed by atoms with Crippen LogP contribution in [0, 0.1) is 5.41 Å². The number of carbonyl (C=O) groups is 1. The maximum atomic E-state index is 12.3. The second-order valence-corrected chi connectivity index (χ2v) is 11.3. The number of halogens is 3. The van der Waals surface area contributed by atoms with E-state index in [1.165, 1.54) is 25.4 Å². The van der Waals surface area contributed by atoms with Gasteiger partial charge in [-0.05, 0) is 55.3 Å². The number of aliphatic carboxylic acids is 1. The van der Waals surface area contributed by atoms with Crippen molar-refractivity contribution < 1.29 is 14.6 Å². The molecule has 11 heteroatoms. The Morgan fingerprint density at radius 3 is 2.53 bits per heavy atom. The lowest BCUT2D eigenvalue weighted by Gasteiger charge is -2.21. The largest absolute Gasteiger partial charge is 0.497 e. The molecular weight excluding hydrogens is 537 g/mol. The lowest BCUT2D eigenvalue weighted by atomic mass is 9.99. The number of hydrogen-bond acceptors (Lipinski definition) is 7. The van der Waals surface area contributed by atoms with Crippen molar-refractivity contribution in [1.82, 2.24) is 4.98 Å². The van der Waals surface area contributed by atoms with Gasteiger partial charge in [-0.25, -0.2) is 9.78 Å². The Labute approximate surface area is 219 Å². The highest BCUT2D eigenvalue weighted by Crippen LogP contribution is 2.53. The molecule has 176 valence electrons. The highest BCUT2D eigenvalue weighted by Gasteiger charge is 2.29. The second kappa shape index (κ2) is 9.79. The van der Waals surface area contributed by atoms with Gasteiger partial charge in [0.1, 0.15) is 11.4 Å². The van der Waals surface area contributed by atoms with E-state index in [9.17, 15) is 9.90 Å². The molecule has 0 aliphatic carbocycles. The van der Waals surface area contributed by atoms with Crippen LogP contribution < -0.4 is 10.1 Å². The minimum Gasteiger partial charge on any atom is -0.497 e. The lowest BCUT2D eigenvalue weighted by Crippen LogP contribution is -2.16. The summed E-state index contributed by atoms with van der Waals surface area (Å²) in [6, 6.07) is 8.47. The van der Waals surface area contributed by atoms with E-state index in [2.05, 4.69) is 17.2 Å². The van der Waals surface area contributed by atoms with Gasteiger partial charge in [0.2, 0.25) is 0 Å². The van der Waals surface area contributed by atoms with E-state index in [1.807, 2.05) is 6.07 Å². The van der Waals surface area contributed by atoms with Crippen molar-refractivity contribution in [2.75, 3.05) is 12.4 Å². The fourth-order valence-corrected chi connectivity index (χ4v) is 6.69. The van der Waals surface area contributed by atoms with E-state index < -0.39 is 5.97 Å². The number of allylic oxidation sites excluding steroid dienone is 1. The Hall–Kier alpha value is -2.23. The lowest BCUT2D eigenvalue weighted by molar-refractivity contribution is -0.132. The molecule has 1 aromatic heterocycles. The topological polar surface area (TPSA) is 95.3 Å². The summed E-state index contributed by atoms with van der Waals surface area (Å²) >= 11 is 21.6. The van der Waals surface area contributed by atoms with Crippen molar-refractivity contribution in [2.45, 2.75) is 23.3 Å². The molecule has 0 saturated heterocycles. The molecule has 34 heavy (non-hydrogen) atoms. The number of anilines is 1. The van der Waals surface area contributed by atoms with Crippen LogP contribution in [0.2, 0.25) is 15.1 Å². The minimum absolute atomic E-state index is 0.0466. The van der Waals surface area contributed by atoms with Crippen LogP contribution in [0.4, 0.5) is 5.13 Å². The summed E-state index contributed by atoms with van der Waals surface area (Å²) in [5.74, 6) is -0.779. The first-order valence-corrected chi connectivity index (χ1v) is 12.7. The minimum atomic E-state index is -1.23. The monoisotopic (exact) mass is 553 g/mol. The molecule has 2 heterocycles. The molecule has 2 aromatic carbocycles. The van der Waals surface area contributed by atoms with Gasteiger partial charge in [-0.2, -0.15) is 0 Å². The molecule has 1 aliphatic rings. The Morgan fingerprint density at radius 2 is 1.88 bits per heavy atom. The quantitative estimate of drug-likeness (QED) is 0.212. The molecule has 1 aliphatic heterocycles. The Morgan fingerprint density at radius 1 is 1.18 bits per heavy atom. The molecule has 1 unspecified atom stereocenters. The Bertz CT molecular complexity index is 1370. The molecule has 6 nitrogen and oxygen atoms in total. The maximum Gasteiger partial charge on any atom is 0.353 e. The number of thioether (sulfide) groups is 1. The standard InChI is InChI=1S/C23H18Cl3N3O3S2/c1-9(27)18(11-4-12(24)6-13(5-11)32-3)20(21(30)31)29-23-28-19-15-8-17(26)16(25)7-14(15)10(2)33-22(19)34-23/h4-8,10,27H,1-3H3,(H,28,29)(H,30,31)/b20-18+,27-9?. The summed E-state index contributed by atoms with van der Waals surface area (Å²) < 4.78 is 6.20. The normalized spacial score (nSPS) is 15.2. The first-order valence-electron chi connectivity index (χ1n) is 9.91. The van der Waals surface area contributed by atoms with Crippen molar-refractivity contribution in [1.29, 1.82) is 5.41 Å². The molecule has 4 rings (SSSR count). The molecule has 3 aromatic rings. The summed E-state index contributed by atoms with van der Waals surface area (Å²) in [6.45, 7) is 3.58. The zero-order chi connectivity index (χ0) is 24.7. The van der Waals surface area contributed by atoms with Crippen molar-refractivity contribution >= 4 is 80.3 Å². The number of aromatic nitrogens is 1. The number of carboxylic acids is 1. The molecule has 0 spiro atoms. The van der Waals surface area contributed by atoms with E-state index >= 15 is 0 Å². The zero-order valence-electron chi connectivity index (χ0n) is 18.1. The van der Waals surface area contributed by atoms with Crippen LogP contribution in [0.5, 0.6) is 5.75 Å². The SMILES string of the molecule is COc1cc(Cl)cc(/C(C(C)=N)=C(/Nc2nc3c(s2)SC(C)c2cc(Cl)c(Cl)cc2-3)C(=O)O)c1. The Kier molecular flexibility index (Phi) is 7.17. The van der Waals surface area contributed by atoms with E-state index in [-0.39, 0.29) is 22.2 Å². The number of nitrogens with zero attached hydrogens (tertiary/aromatic N) is 1. The van der Waals surface area contributed by atoms with E-state index in [0.29, 0.717) is 37.2 Å². The highest BCUT2D eigenvalue weighted by molar-refractivity contribution is 8.01. The average molecular weight is 555 g/mol. The van der Waals surface area contributed by atoms with Gasteiger partial charge in [0.25, 0.3) is 0 Å². The van der Waals surface area contributed by atoms with Gasteiger partial charge >= 0.3 is 5.97 Å². The molecule has 3 N–H and O–H groups in total. The van der Waals surface area contributed by atoms with Gasteiger partial charge in [0.15, 0.2) is 5.13 Å². The van der Waals surface area contributed by atoms with Crippen LogP contribution in [0.1, 0.15) is 30.2 Å². The van der Waals surface area contributed by atoms with Crippen LogP contribution in [0.25, 0.3) is 16.8 Å². The van der Waals surface area contributed by atoms with Gasteiger partial charge in [0, 0.05) is 27.1 Å². The molecule has 0 saturated carbocycles. The predicted molar refractivity (Wildman–Crippen MR) is 141 cm³/mol. The molecule has 0 bridgehead atoms. The molecule has 0 fully saturated rings. The second-order valence-electron chi connectivity index (χ2n) is 7.45. The summed E-state index contributed by atoms with van der Waals surface area (Å²) in [4.78, 5) is 17.0. The Balaban J connectivity index is 1.82. The van der Waals surface area contributed by atoms with Gasteiger partial charge in [-0.15, -0.1) is 11.8 Å². The molecule has 0 amide bonds. The van der Waals surface area contributed by atoms with Gasteiger partial charge in [-0.1, -0.05) is 46.1 Å². The number of ether oxygens (including phenoxy) is 1. The summed E-state index contributed by atoms with van der Waals surface area (Å²) in [6.07, 6.45) is 0. The van der Waals surface area contributed by atoms with Gasteiger partial charge in [0.05, 0.1) is 27.1 Å². The number of carboxylic acid groups (broad SMARTS) is 1. The van der Waals surface area contributed by atoms with Crippen molar-refractivity contribution in [3.05, 3.63) is 62.2 Å². The number of methoxy groups -OCH3 is 1. The van der Waals surface area contributed by atoms with E-state index in [0.717, 1.165) is 15.3 Å². The maximum absolute atomic E-state index is 12.3. The van der Waals surface area contributed by atoms with Crippen LogP contribution in [-0.2, 0) is 4.79 Å². The third kappa shape index (κ3) is 4.78. The predicted octanol–water partition coefficient (Wildman–Crippen LogP) is 7.89. The fraction of sp³-hybridized carbons (Fsp3) is 0.174. The first-order chi connectivity index (χ1) is 16.1. The molecule has 1 atom stereocenters. The zero-order valence-corrected chi connectivity index (χ0v) is 22.0. The highest BCUT2D eigenvalue weighted by atomic mass is 35.5. The third-order valence-electron chi connectivity index (χ3n) is 5.13. The molecular formula is C23H18Cl3N3O3S2. The van der Waals surface area contributed by atoms with E-state index in [4.69, 9.17) is 44.9 Å². The third-order valence-corrected chi connectivity index (χ3v) is 8.39. The van der Waals surface area contributed by atoms with Gasteiger partial charge in [-0.3, -0.25) is 0 Å². The van der Waals surface area contributed by atoms with Crippen LogP contribution in [0.3, 0.4) is 0 Å². The smallest absolute Gasteiger partial charge is 0.353 e. The summed E-state index contributed by atoms with van der Waals surface area (Å²) in [5, 5.41) is 23.0. The first kappa shape index (κ1) is 24.9. The number of hydrogen-bond donors (Lipinski definition) is 3. The fourth-order valence-electron chi connectivity index (χ4n) is 3.64. The van der Waals surface area contributed by atoms with Crippen molar-refractivity contribution in [2.24, 2.45) is 0 Å². The summed E-state index contributed by atoms with van der Waals surface area (Å²) in [7, 11) is 1.49. The van der Waals surface area contributed by atoms with Crippen LogP contribution in [-0.4, -0.2) is 28.9 Å². The van der Waals surface area contributed by atoms with Crippen LogP contribution in [0.15, 0.2) is 40.2 Å². The number of fused-ring (bicyclic) bond motifs is 3. The average Bonchev–Trinajstić information content (AvgIpc) is 3.16.